The summed E-state index contributed by atoms with van der Waals surface area (Å²) in [5, 5.41) is 2.61. The second kappa shape index (κ2) is 8.07. The number of nitrogens with zero attached hydrogens (tertiary/aromatic N) is 2. The summed E-state index contributed by atoms with van der Waals surface area (Å²) < 4.78 is 1.13. The van der Waals surface area contributed by atoms with E-state index in [4.69, 9.17) is 0 Å². The molecule has 0 atom stereocenters. The van der Waals surface area contributed by atoms with Crippen molar-refractivity contribution in [2.24, 2.45) is 0 Å². The van der Waals surface area contributed by atoms with Crippen LogP contribution < -0.4 is 0 Å². The summed E-state index contributed by atoms with van der Waals surface area (Å²) in [5.41, 5.74) is 2.68. The van der Waals surface area contributed by atoms with Gasteiger partial charge in [-0.3, -0.25) is 0 Å². The standard InChI is InChI=1S/C21H19BrN2.BrH/c22-21-9-6-17(7-10-21)14-23-11-12-24(16-23)15-18-5-8-19-3-1-2-4-20(19)13-18;/h1-13H,14-16H2;1H. The number of hydrogen-bond acceptors (Lipinski definition) is 2. The zero-order valence-corrected chi connectivity index (χ0v) is 17.1. The van der Waals surface area contributed by atoms with Gasteiger partial charge in [0.05, 0.1) is 6.67 Å². The van der Waals surface area contributed by atoms with Gasteiger partial charge in [-0.15, -0.1) is 17.0 Å². The fraction of sp³-hybridized carbons (Fsp3) is 0.143. The third-order valence-electron chi connectivity index (χ3n) is 4.35. The van der Waals surface area contributed by atoms with Crippen LogP contribution in [0.3, 0.4) is 0 Å². The molecule has 0 fully saturated rings. The van der Waals surface area contributed by atoms with Crippen LogP contribution in [0.2, 0.25) is 0 Å². The van der Waals surface area contributed by atoms with Crippen LogP contribution in [0.1, 0.15) is 11.1 Å². The quantitative estimate of drug-likeness (QED) is 0.477. The molecule has 0 amide bonds. The van der Waals surface area contributed by atoms with Crippen molar-refractivity contribution in [1.29, 1.82) is 0 Å². The normalized spacial score (nSPS) is 13.3. The molecule has 1 heterocycles. The number of hydrogen-bond donors (Lipinski definition) is 0. The van der Waals surface area contributed by atoms with Gasteiger partial charge in [0.15, 0.2) is 0 Å². The maximum Gasteiger partial charge on any atom is 0.0900 e. The van der Waals surface area contributed by atoms with Gasteiger partial charge in [0.2, 0.25) is 0 Å². The highest BCUT2D eigenvalue weighted by molar-refractivity contribution is 9.10. The van der Waals surface area contributed by atoms with E-state index in [0.29, 0.717) is 0 Å². The van der Waals surface area contributed by atoms with Crippen molar-refractivity contribution >= 4 is 43.7 Å². The molecule has 128 valence electrons. The molecule has 3 aromatic carbocycles. The van der Waals surface area contributed by atoms with Crippen molar-refractivity contribution in [2.75, 3.05) is 6.67 Å². The highest BCUT2D eigenvalue weighted by atomic mass is 79.9. The van der Waals surface area contributed by atoms with Gasteiger partial charge < -0.3 is 9.80 Å². The van der Waals surface area contributed by atoms with Crippen LogP contribution in [-0.2, 0) is 13.1 Å². The van der Waals surface area contributed by atoms with Gasteiger partial charge in [0.1, 0.15) is 0 Å². The van der Waals surface area contributed by atoms with Gasteiger partial charge in [0.25, 0.3) is 0 Å². The molecule has 0 aromatic heterocycles. The number of rotatable bonds is 4. The van der Waals surface area contributed by atoms with Crippen molar-refractivity contribution in [3.8, 4) is 0 Å². The Morgan fingerprint density at radius 1 is 0.720 bits per heavy atom. The zero-order valence-electron chi connectivity index (χ0n) is 13.8. The van der Waals surface area contributed by atoms with E-state index in [1.165, 1.54) is 21.9 Å². The predicted molar refractivity (Wildman–Crippen MR) is 114 cm³/mol. The average molecular weight is 460 g/mol. The van der Waals surface area contributed by atoms with E-state index in [2.05, 4.69) is 105 Å². The molecule has 25 heavy (non-hydrogen) atoms. The maximum absolute atomic E-state index is 3.49. The van der Waals surface area contributed by atoms with Crippen LogP contribution in [0, 0.1) is 0 Å². The lowest BCUT2D eigenvalue weighted by Gasteiger charge is -2.21. The molecule has 0 N–H and O–H groups in total. The van der Waals surface area contributed by atoms with Crippen molar-refractivity contribution in [1.82, 2.24) is 9.80 Å². The highest BCUT2D eigenvalue weighted by Gasteiger charge is 2.13. The second-order valence-corrected chi connectivity index (χ2v) is 7.16. The largest absolute Gasteiger partial charge is 0.354 e. The summed E-state index contributed by atoms with van der Waals surface area (Å²) >= 11 is 3.49. The molecule has 0 aliphatic carbocycles. The van der Waals surface area contributed by atoms with Crippen molar-refractivity contribution in [3.05, 3.63) is 94.7 Å². The van der Waals surface area contributed by atoms with E-state index in [1.54, 1.807) is 0 Å². The molecule has 0 bridgehead atoms. The van der Waals surface area contributed by atoms with E-state index in [1.807, 2.05) is 0 Å². The van der Waals surface area contributed by atoms with E-state index in [9.17, 15) is 0 Å². The van der Waals surface area contributed by atoms with Crippen LogP contribution in [0.15, 0.2) is 83.6 Å². The Balaban J connectivity index is 0.00000182. The molecule has 1 aliphatic rings. The van der Waals surface area contributed by atoms with Crippen molar-refractivity contribution < 1.29 is 0 Å². The molecule has 0 spiro atoms. The van der Waals surface area contributed by atoms with E-state index in [-0.39, 0.29) is 17.0 Å². The first-order chi connectivity index (χ1) is 11.8. The first-order valence-corrected chi connectivity index (χ1v) is 8.94. The third kappa shape index (κ3) is 4.44. The fourth-order valence-electron chi connectivity index (χ4n) is 3.12. The predicted octanol–water partition coefficient (Wildman–Crippen LogP) is 5.93. The van der Waals surface area contributed by atoms with Crippen LogP contribution in [0.25, 0.3) is 10.8 Å². The van der Waals surface area contributed by atoms with Gasteiger partial charge >= 0.3 is 0 Å². The Hall–Kier alpha value is -1.78. The third-order valence-corrected chi connectivity index (χ3v) is 4.88. The van der Waals surface area contributed by atoms with Gasteiger partial charge in [-0.05, 0) is 40.1 Å². The molecular weight excluding hydrogens is 440 g/mol. The summed E-state index contributed by atoms with van der Waals surface area (Å²) in [6, 6.07) is 23.8. The minimum Gasteiger partial charge on any atom is -0.354 e. The van der Waals surface area contributed by atoms with E-state index in [0.717, 1.165) is 24.2 Å². The molecule has 4 rings (SSSR count). The lowest BCUT2D eigenvalue weighted by molar-refractivity contribution is 0.255. The van der Waals surface area contributed by atoms with E-state index < -0.39 is 0 Å². The monoisotopic (exact) mass is 458 g/mol. The second-order valence-electron chi connectivity index (χ2n) is 6.24. The Bertz CT molecular complexity index is 874. The SMILES string of the molecule is Br.Brc1ccc(CN2C=CN(Cc3ccc4ccccc4c3)C2)cc1. The van der Waals surface area contributed by atoms with Gasteiger partial charge in [0, 0.05) is 30.0 Å². The Morgan fingerprint density at radius 2 is 1.32 bits per heavy atom. The molecule has 2 nitrogen and oxygen atoms in total. The Kier molecular flexibility index (Phi) is 5.82. The molecule has 4 heteroatoms. The first-order valence-electron chi connectivity index (χ1n) is 8.15. The molecular formula is C21H20Br2N2. The summed E-state index contributed by atoms with van der Waals surface area (Å²) in [4.78, 5) is 4.69. The van der Waals surface area contributed by atoms with Crippen LogP contribution in [-0.4, -0.2) is 16.5 Å². The smallest absolute Gasteiger partial charge is 0.0900 e. The van der Waals surface area contributed by atoms with Crippen LogP contribution >= 0.6 is 32.9 Å². The number of benzene rings is 3. The fourth-order valence-corrected chi connectivity index (χ4v) is 3.38. The van der Waals surface area contributed by atoms with Gasteiger partial charge in [-0.2, -0.15) is 0 Å². The molecule has 0 saturated carbocycles. The van der Waals surface area contributed by atoms with Crippen molar-refractivity contribution in [2.45, 2.75) is 13.1 Å². The van der Waals surface area contributed by atoms with Crippen LogP contribution in [0.5, 0.6) is 0 Å². The summed E-state index contributed by atoms with van der Waals surface area (Å²) in [6.45, 7) is 2.82. The maximum atomic E-state index is 3.49. The number of halogens is 2. The molecule has 0 saturated heterocycles. The Morgan fingerprint density at radius 3 is 2.04 bits per heavy atom. The average Bonchev–Trinajstić information content (AvgIpc) is 3.04. The number of fused-ring (bicyclic) bond motifs is 1. The van der Waals surface area contributed by atoms with Gasteiger partial charge in [-0.1, -0.05) is 64.5 Å². The lowest BCUT2D eigenvalue weighted by Crippen LogP contribution is -2.24. The molecule has 0 radical (unpaired) electrons. The van der Waals surface area contributed by atoms with Crippen LogP contribution in [0.4, 0.5) is 0 Å². The summed E-state index contributed by atoms with van der Waals surface area (Å²) in [7, 11) is 0. The summed E-state index contributed by atoms with van der Waals surface area (Å²) in [5.74, 6) is 0. The first kappa shape index (κ1) is 18.0. The molecule has 3 aromatic rings. The molecule has 0 unspecified atom stereocenters. The minimum absolute atomic E-state index is 0. The zero-order chi connectivity index (χ0) is 16.4. The van der Waals surface area contributed by atoms with Gasteiger partial charge in [-0.25, -0.2) is 0 Å². The Labute approximate surface area is 167 Å². The minimum atomic E-state index is 0. The van der Waals surface area contributed by atoms with Crippen molar-refractivity contribution in [3.63, 3.8) is 0 Å². The molecule has 1 aliphatic heterocycles. The van der Waals surface area contributed by atoms with E-state index >= 15 is 0 Å². The lowest BCUT2D eigenvalue weighted by atomic mass is 10.1. The summed E-state index contributed by atoms with van der Waals surface area (Å²) in [6.07, 6.45) is 4.37. The highest BCUT2D eigenvalue weighted by Crippen LogP contribution is 2.20. The topological polar surface area (TPSA) is 6.48 Å².